The fourth-order valence-electron chi connectivity index (χ4n) is 8.07. The van der Waals surface area contributed by atoms with Gasteiger partial charge in [-0.15, -0.1) is 0 Å². The molecule has 2 aliphatic carbocycles. The third-order valence-electron chi connectivity index (χ3n) is 11.3. The van der Waals surface area contributed by atoms with Gasteiger partial charge in [-0.05, 0) is 86.5 Å². The number of rotatable bonds is 17. The van der Waals surface area contributed by atoms with Gasteiger partial charge in [0.1, 0.15) is 17.3 Å². The number of anilines is 2. The first-order chi connectivity index (χ1) is 29.5. The van der Waals surface area contributed by atoms with Crippen LogP contribution in [-0.2, 0) is 38.8 Å². The average Bonchev–Trinajstić information content (AvgIpc) is 3.99. The molecule has 10 nitrogen and oxygen atoms in total. The fourth-order valence-corrected chi connectivity index (χ4v) is 23.7. The molecule has 0 radical (unpaired) electrons. The van der Waals surface area contributed by atoms with Crippen molar-refractivity contribution >= 4 is 45.3 Å². The van der Waals surface area contributed by atoms with Crippen molar-refractivity contribution < 1.29 is 0 Å². The summed E-state index contributed by atoms with van der Waals surface area (Å²) < 4.78 is 6.10. The van der Waals surface area contributed by atoms with Crippen LogP contribution in [-0.4, -0.2) is 58.2 Å². The van der Waals surface area contributed by atoms with Gasteiger partial charge in [0.05, 0.1) is 30.2 Å². The molecular formula is C48H61ClN10Sn. The minimum absolute atomic E-state index is 0.319. The topological polar surface area (TPSA) is 127 Å². The van der Waals surface area contributed by atoms with Gasteiger partial charge in [-0.2, -0.15) is 0 Å². The third kappa shape index (κ3) is 13.0. The molecule has 0 saturated heterocycles. The van der Waals surface area contributed by atoms with Crippen LogP contribution in [0.4, 0.5) is 11.6 Å². The Kier molecular flexibility index (Phi) is 18.0. The predicted octanol–water partition coefficient (Wildman–Crippen LogP) is 10.8. The number of unbranched alkanes of at least 4 members (excludes halogenated alkanes) is 3. The van der Waals surface area contributed by atoms with Crippen molar-refractivity contribution in [2.75, 3.05) is 10.6 Å². The molecule has 0 spiro atoms. The Morgan fingerprint density at radius 1 is 0.533 bits per heavy atom. The SMILES string of the molecule is CCC[CH2][Sn]([CH2]CCC)([CH2]CCC)[c]1ccccn1.Clc1nc2c(c(NCc3ccccn3)n1)CCC2.c1ccc(CNc2nc(-c3ccccn3)nc3c2CCC3)nc1. The normalized spacial score (nSPS) is 12.7. The van der Waals surface area contributed by atoms with Crippen LogP contribution in [0.1, 0.15) is 106 Å². The van der Waals surface area contributed by atoms with Crippen LogP contribution in [0.25, 0.3) is 11.5 Å². The van der Waals surface area contributed by atoms with Crippen molar-refractivity contribution in [3.8, 4) is 11.5 Å². The zero-order valence-electron chi connectivity index (χ0n) is 35.7. The Labute approximate surface area is 366 Å². The van der Waals surface area contributed by atoms with E-state index in [1.165, 1.54) is 63.0 Å². The maximum atomic E-state index is 5.93. The second kappa shape index (κ2) is 24.0. The summed E-state index contributed by atoms with van der Waals surface area (Å²) in [5, 5.41) is 7.05. The monoisotopic (exact) mass is 932 g/mol. The molecule has 0 aromatic carbocycles. The third-order valence-corrected chi connectivity index (χ3v) is 26.6. The molecule has 314 valence electrons. The van der Waals surface area contributed by atoms with Gasteiger partial charge < -0.3 is 10.6 Å². The number of nitrogens with zero attached hydrogens (tertiary/aromatic N) is 8. The first kappa shape index (κ1) is 45.0. The molecule has 0 fully saturated rings. The van der Waals surface area contributed by atoms with Gasteiger partial charge in [-0.1, -0.05) is 18.2 Å². The van der Waals surface area contributed by atoms with E-state index in [1.54, 1.807) is 22.3 Å². The minimum Gasteiger partial charge on any atom is -0.364 e. The first-order valence-corrected chi connectivity index (χ1v) is 29.9. The number of fused-ring (bicyclic) bond motifs is 2. The first-order valence-electron chi connectivity index (χ1n) is 22.1. The Morgan fingerprint density at radius 3 is 1.52 bits per heavy atom. The average molecular weight is 932 g/mol. The smallest absolute Gasteiger partial charge is 0.224 e. The summed E-state index contributed by atoms with van der Waals surface area (Å²) in [6.07, 6.45) is 22.0. The molecule has 6 aromatic heterocycles. The Bertz CT molecular complexity index is 2140. The second-order valence-electron chi connectivity index (χ2n) is 15.7. The van der Waals surface area contributed by atoms with E-state index < -0.39 is 18.4 Å². The van der Waals surface area contributed by atoms with Crippen molar-refractivity contribution in [2.24, 2.45) is 0 Å². The van der Waals surface area contributed by atoms with Gasteiger partial charge in [-0.25, -0.2) is 19.9 Å². The molecule has 0 saturated carbocycles. The van der Waals surface area contributed by atoms with Crippen molar-refractivity contribution in [1.29, 1.82) is 0 Å². The molecule has 2 N–H and O–H groups in total. The molecule has 6 heterocycles. The minimum atomic E-state index is -2.21. The van der Waals surface area contributed by atoms with Crippen LogP contribution in [0.15, 0.2) is 97.6 Å². The van der Waals surface area contributed by atoms with E-state index in [0.29, 0.717) is 24.2 Å². The molecule has 0 aliphatic heterocycles. The summed E-state index contributed by atoms with van der Waals surface area (Å²) in [5.74, 6) is 2.46. The summed E-state index contributed by atoms with van der Waals surface area (Å²) in [5.41, 5.74) is 7.46. The Morgan fingerprint density at radius 2 is 1.03 bits per heavy atom. The molecule has 6 aromatic rings. The standard InChI is InChI=1S/C18H17N5.C13H13ClN4.C5H4N.3C4H9.Sn/c1-3-10-19-13(6-1)12-21-17-14-7-5-9-15(14)22-18(23-17)16-8-2-4-11-20-16;14-13-17-11-6-3-5-10(11)12(18-13)16-8-9-4-1-2-7-15-9;1-2-4-6-5-3-1;3*1-3-4-2;/h1-4,6,8,10-11H,5,7,9,12H2,(H,21,22,23);1-2,4,7H,3,5-6,8H2,(H,16,17,18);1-4H;3*1,3-4H2,2H3;. The number of aromatic nitrogens is 8. The van der Waals surface area contributed by atoms with E-state index in [4.69, 9.17) is 26.6 Å². The van der Waals surface area contributed by atoms with Crippen LogP contribution in [0.3, 0.4) is 0 Å². The summed E-state index contributed by atoms with van der Waals surface area (Å²) in [6.45, 7) is 8.30. The van der Waals surface area contributed by atoms with Gasteiger partial charge in [0.25, 0.3) is 0 Å². The van der Waals surface area contributed by atoms with Crippen molar-refractivity contribution in [3.05, 3.63) is 137 Å². The number of pyridine rings is 4. The molecular weight excluding hydrogens is 871 g/mol. The number of hydrogen-bond acceptors (Lipinski definition) is 10. The number of hydrogen-bond donors (Lipinski definition) is 2. The molecule has 12 heteroatoms. The Hall–Kier alpha value is -4.55. The zero-order valence-corrected chi connectivity index (χ0v) is 39.3. The maximum Gasteiger partial charge on any atom is 0.224 e. The van der Waals surface area contributed by atoms with Crippen LogP contribution < -0.4 is 14.3 Å². The van der Waals surface area contributed by atoms with Gasteiger partial charge in [0.2, 0.25) is 5.28 Å². The largest absolute Gasteiger partial charge is 0.364 e. The van der Waals surface area contributed by atoms with Gasteiger partial charge in [0, 0.05) is 35.4 Å². The quantitative estimate of drug-likeness (QED) is 0.0674. The number of aryl methyl sites for hydroxylation is 2. The van der Waals surface area contributed by atoms with E-state index in [0.717, 1.165) is 78.6 Å². The van der Waals surface area contributed by atoms with Gasteiger partial charge in [0.15, 0.2) is 5.82 Å². The van der Waals surface area contributed by atoms with Crippen LogP contribution in [0.5, 0.6) is 0 Å². The van der Waals surface area contributed by atoms with Crippen molar-refractivity contribution in [2.45, 2.75) is 124 Å². The molecule has 60 heavy (non-hydrogen) atoms. The molecule has 8 rings (SSSR count). The Balaban J connectivity index is 0.000000153. The zero-order chi connectivity index (χ0) is 41.8. The van der Waals surface area contributed by atoms with E-state index >= 15 is 0 Å². The predicted molar refractivity (Wildman–Crippen MR) is 248 cm³/mol. The number of nitrogens with one attached hydrogen (secondary N) is 2. The molecule has 0 atom stereocenters. The van der Waals surface area contributed by atoms with Crippen molar-refractivity contribution in [3.63, 3.8) is 0 Å². The molecule has 0 bridgehead atoms. The van der Waals surface area contributed by atoms with Crippen LogP contribution in [0, 0.1) is 0 Å². The van der Waals surface area contributed by atoms with E-state index in [1.807, 2.05) is 60.8 Å². The van der Waals surface area contributed by atoms with Gasteiger partial charge >= 0.3 is 124 Å². The summed E-state index contributed by atoms with van der Waals surface area (Å²) in [7, 11) is 0. The maximum absolute atomic E-state index is 5.93. The second-order valence-corrected chi connectivity index (χ2v) is 29.1. The molecule has 0 unspecified atom stereocenters. The van der Waals surface area contributed by atoms with E-state index in [2.05, 4.69) is 74.5 Å². The van der Waals surface area contributed by atoms with Crippen molar-refractivity contribution in [1.82, 2.24) is 39.9 Å². The van der Waals surface area contributed by atoms with E-state index in [9.17, 15) is 0 Å². The number of halogens is 1. The van der Waals surface area contributed by atoms with Crippen LogP contribution in [0.2, 0.25) is 18.6 Å². The summed E-state index contributed by atoms with van der Waals surface area (Å²) in [6, 6.07) is 24.2. The summed E-state index contributed by atoms with van der Waals surface area (Å²) >= 11 is 3.73. The van der Waals surface area contributed by atoms with Gasteiger partial charge in [-0.3, -0.25) is 15.0 Å². The fraction of sp³-hybridized carbons (Fsp3) is 0.417. The molecule has 2 aliphatic rings. The van der Waals surface area contributed by atoms with E-state index in [-0.39, 0.29) is 0 Å². The molecule has 0 amide bonds. The summed E-state index contributed by atoms with van der Waals surface area (Å²) in [4.78, 5) is 35.8. The van der Waals surface area contributed by atoms with Crippen LogP contribution >= 0.6 is 11.6 Å².